The van der Waals surface area contributed by atoms with Crippen LogP contribution < -0.4 is 10.2 Å². The van der Waals surface area contributed by atoms with E-state index in [0.29, 0.717) is 34.2 Å². The van der Waals surface area contributed by atoms with Crippen LogP contribution in [0.3, 0.4) is 0 Å². The molecule has 1 N–H and O–H groups in total. The first-order valence-corrected chi connectivity index (χ1v) is 13.6. The molecule has 0 unspecified atom stereocenters. The van der Waals surface area contributed by atoms with Crippen molar-refractivity contribution < 1.29 is 19.4 Å². The Morgan fingerprint density at radius 3 is 2.35 bits per heavy atom. The summed E-state index contributed by atoms with van der Waals surface area (Å²) in [6.45, 7) is 6.99. The van der Waals surface area contributed by atoms with Gasteiger partial charge in [0.25, 0.3) is 5.91 Å². The van der Waals surface area contributed by atoms with E-state index in [-0.39, 0.29) is 30.0 Å². The Kier molecular flexibility index (Phi) is 6.35. The number of hydrogen-bond acceptors (Lipinski definition) is 6. The van der Waals surface area contributed by atoms with Crippen LogP contribution in [0.4, 0.5) is 10.8 Å². The zero-order valence-electron chi connectivity index (χ0n) is 19.6. The van der Waals surface area contributed by atoms with E-state index in [4.69, 9.17) is 0 Å². The summed E-state index contributed by atoms with van der Waals surface area (Å²) in [4.78, 5) is 32.6. The molecule has 9 heteroatoms. The average Bonchev–Trinajstić information content (AvgIpc) is 3.16. The van der Waals surface area contributed by atoms with Gasteiger partial charge in [-0.3, -0.25) is 9.59 Å². The Labute approximate surface area is 205 Å². The zero-order chi connectivity index (χ0) is 24.7. The van der Waals surface area contributed by atoms with Gasteiger partial charge in [-0.25, -0.2) is 13.4 Å². The molecule has 2 aromatic carbocycles. The maximum absolute atomic E-state index is 13.1. The summed E-state index contributed by atoms with van der Waals surface area (Å²) in [5.41, 5.74) is 3.48. The van der Waals surface area contributed by atoms with Crippen LogP contribution in [-0.4, -0.2) is 38.0 Å². The molecule has 2 amide bonds. The number of carbonyl (C=O) groups is 2. The van der Waals surface area contributed by atoms with E-state index in [1.807, 2.05) is 12.1 Å². The molecule has 3 aromatic rings. The topological polar surface area (TPSA) is 96.4 Å². The minimum absolute atomic E-state index is 0. The lowest BCUT2D eigenvalue weighted by atomic mass is 9.87. The van der Waals surface area contributed by atoms with Gasteiger partial charge in [0.15, 0.2) is 15.0 Å². The summed E-state index contributed by atoms with van der Waals surface area (Å²) in [7, 11) is -3.28. The number of fused-ring (bicyclic) bond motifs is 1. The fourth-order valence-corrected chi connectivity index (χ4v) is 5.38. The van der Waals surface area contributed by atoms with Crippen molar-refractivity contribution in [1.29, 1.82) is 0 Å². The van der Waals surface area contributed by atoms with Crippen molar-refractivity contribution in [3.8, 4) is 0 Å². The SMILES string of the molecule is CC(C)(C)c1ccc(N2CCc3nc(NC(=O)Cc4ccc(S(C)(=O)=O)cc4)sc3C2=O)cc1.[HH]. The highest BCUT2D eigenvalue weighted by Crippen LogP contribution is 2.32. The van der Waals surface area contributed by atoms with Crippen LogP contribution in [0.5, 0.6) is 0 Å². The summed E-state index contributed by atoms with van der Waals surface area (Å²) in [5.74, 6) is -0.389. The molecule has 0 bridgehead atoms. The van der Waals surface area contributed by atoms with E-state index in [1.165, 1.54) is 29.0 Å². The molecule has 2 heterocycles. The van der Waals surface area contributed by atoms with E-state index in [2.05, 4.69) is 43.2 Å². The third-order valence-electron chi connectivity index (χ3n) is 5.72. The van der Waals surface area contributed by atoms with Crippen LogP contribution in [0.25, 0.3) is 0 Å². The molecule has 0 aliphatic carbocycles. The number of benzene rings is 2. The lowest BCUT2D eigenvalue weighted by molar-refractivity contribution is -0.115. The van der Waals surface area contributed by atoms with Crippen molar-refractivity contribution in [2.75, 3.05) is 23.0 Å². The molecule has 0 saturated heterocycles. The second-order valence-electron chi connectivity index (χ2n) is 9.44. The maximum Gasteiger partial charge on any atom is 0.270 e. The molecule has 0 saturated carbocycles. The van der Waals surface area contributed by atoms with Gasteiger partial charge in [0, 0.05) is 26.3 Å². The van der Waals surface area contributed by atoms with Crippen LogP contribution in [0.15, 0.2) is 53.4 Å². The number of aromatic nitrogens is 1. The van der Waals surface area contributed by atoms with Gasteiger partial charge in [0.05, 0.1) is 17.0 Å². The highest BCUT2D eigenvalue weighted by atomic mass is 32.2. The van der Waals surface area contributed by atoms with Gasteiger partial charge in [-0.05, 0) is 40.8 Å². The fourth-order valence-electron chi connectivity index (χ4n) is 3.77. The summed E-state index contributed by atoms with van der Waals surface area (Å²) in [6.07, 6.45) is 1.83. The first-order valence-electron chi connectivity index (χ1n) is 10.9. The Morgan fingerprint density at radius 2 is 1.76 bits per heavy atom. The molecule has 1 aliphatic rings. The number of sulfone groups is 1. The standard InChI is InChI=1S/C25H27N3O4S2.H2/c1-25(2,3)17-7-9-18(10-8-17)28-14-13-20-22(23(28)30)33-24(26-20)27-21(29)15-16-5-11-19(12-6-16)34(4,31)32;/h5-12H,13-15H2,1-4H3,(H,26,27,29);1H. The van der Waals surface area contributed by atoms with Gasteiger partial charge >= 0.3 is 0 Å². The summed E-state index contributed by atoms with van der Waals surface area (Å²) < 4.78 is 23.2. The summed E-state index contributed by atoms with van der Waals surface area (Å²) in [5, 5.41) is 3.16. The molecule has 0 radical (unpaired) electrons. The third kappa shape index (κ3) is 5.20. The monoisotopic (exact) mass is 499 g/mol. The second kappa shape index (κ2) is 8.96. The average molecular weight is 500 g/mol. The molecule has 180 valence electrons. The van der Waals surface area contributed by atoms with Gasteiger partial charge in [-0.15, -0.1) is 0 Å². The molecular weight excluding hydrogens is 470 g/mol. The maximum atomic E-state index is 13.1. The Morgan fingerprint density at radius 1 is 1.12 bits per heavy atom. The fraction of sp³-hybridized carbons (Fsp3) is 0.320. The predicted molar refractivity (Wildman–Crippen MR) is 137 cm³/mol. The molecule has 0 spiro atoms. The Hall–Kier alpha value is -3.04. The van der Waals surface area contributed by atoms with Gasteiger partial charge in [-0.2, -0.15) is 0 Å². The molecule has 0 fully saturated rings. The normalized spacial score (nSPS) is 14.1. The minimum Gasteiger partial charge on any atom is -0.307 e. The minimum atomic E-state index is -3.28. The number of thiazole rings is 1. The first-order chi connectivity index (χ1) is 15.9. The highest BCUT2D eigenvalue weighted by molar-refractivity contribution is 7.90. The number of nitrogens with one attached hydrogen (secondary N) is 1. The zero-order valence-corrected chi connectivity index (χ0v) is 21.2. The first kappa shape index (κ1) is 24.1. The lowest BCUT2D eigenvalue weighted by Gasteiger charge is -2.27. The van der Waals surface area contributed by atoms with E-state index < -0.39 is 9.84 Å². The number of anilines is 2. The van der Waals surface area contributed by atoms with Gasteiger partial charge < -0.3 is 10.2 Å². The van der Waals surface area contributed by atoms with E-state index in [0.717, 1.165) is 11.9 Å². The quantitative estimate of drug-likeness (QED) is 0.559. The molecule has 0 atom stereocenters. The van der Waals surface area contributed by atoms with Crippen LogP contribution >= 0.6 is 11.3 Å². The summed E-state index contributed by atoms with van der Waals surface area (Å²) in [6, 6.07) is 14.3. The van der Waals surface area contributed by atoms with Gasteiger partial charge in [-0.1, -0.05) is 56.4 Å². The van der Waals surface area contributed by atoms with Crippen molar-refractivity contribution in [1.82, 2.24) is 4.98 Å². The molecule has 4 rings (SSSR count). The van der Waals surface area contributed by atoms with Crippen LogP contribution in [0.1, 0.15) is 48.7 Å². The smallest absolute Gasteiger partial charge is 0.270 e. The van der Waals surface area contributed by atoms with Crippen molar-refractivity contribution in [3.05, 3.63) is 70.2 Å². The molecule has 34 heavy (non-hydrogen) atoms. The van der Waals surface area contributed by atoms with E-state index in [9.17, 15) is 18.0 Å². The Balaban J connectivity index is 0.00000342. The Bertz CT molecular complexity index is 1340. The predicted octanol–water partition coefficient (Wildman–Crippen LogP) is 4.47. The van der Waals surface area contributed by atoms with E-state index in [1.54, 1.807) is 17.0 Å². The largest absolute Gasteiger partial charge is 0.307 e. The van der Waals surface area contributed by atoms with E-state index >= 15 is 0 Å². The van der Waals surface area contributed by atoms with Crippen molar-refractivity contribution in [2.24, 2.45) is 0 Å². The van der Waals surface area contributed by atoms with Crippen molar-refractivity contribution >= 4 is 43.8 Å². The third-order valence-corrected chi connectivity index (χ3v) is 7.85. The molecule has 1 aromatic heterocycles. The number of rotatable bonds is 5. The van der Waals surface area contributed by atoms with Gasteiger partial charge in [0.2, 0.25) is 5.91 Å². The highest BCUT2D eigenvalue weighted by Gasteiger charge is 2.30. The lowest BCUT2D eigenvalue weighted by Crippen LogP contribution is -2.36. The second-order valence-corrected chi connectivity index (χ2v) is 12.5. The summed E-state index contributed by atoms with van der Waals surface area (Å²) >= 11 is 1.18. The van der Waals surface area contributed by atoms with Crippen LogP contribution in [0, 0.1) is 0 Å². The van der Waals surface area contributed by atoms with Crippen molar-refractivity contribution in [3.63, 3.8) is 0 Å². The number of amides is 2. The van der Waals surface area contributed by atoms with Crippen molar-refractivity contribution in [2.45, 2.75) is 43.9 Å². The number of nitrogens with zero attached hydrogens (tertiary/aromatic N) is 2. The number of carbonyl (C=O) groups excluding carboxylic acids is 2. The van der Waals surface area contributed by atoms with Crippen LogP contribution in [0.2, 0.25) is 0 Å². The van der Waals surface area contributed by atoms with Crippen LogP contribution in [-0.2, 0) is 32.9 Å². The van der Waals surface area contributed by atoms with Gasteiger partial charge in [0.1, 0.15) is 4.88 Å². The number of hydrogen-bond donors (Lipinski definition) is 1. The molecule has 7 nitrogen and oxygen atoms in total. The molecule has 1 aliphatic heterocycles. The molecular formula is C25H29N3O4S2.